The van der Waals surface area contributed by atoms with Crippen molar-refractivity contribution in [3.05, 3.63) is 0 Å². The molecular formula is C11H19NO5S2. The molecule has 1 fully saturated rings. The van der Waals surface area contributed by atoms with Crippen LogP contribution in [0.2, 0.25) is 0 Å². The summed E-state index contributed by atoms with van der Waals surface area (Å²) in [5.74, 6) is -0.584. The van der Waals surface area contributed by atoms with Gasteiger partial charge in [0.1, 0.15) is 0 Å². The van der Waals surface area contributed by atoms with Gasteiger partial charge in [-0.2, -0.15) is 0 Å². The second kappa shape index (κ2) is 7.14. The maximum absolute atomic E-state index is 11.5. The third-order valence-corrected chi connectivity index (χ3v) is 6.09. The van der Waals surface area contributed by atoms with Crippen LogP contribution in [-0.2, 0) is 19.4 Å². The average molecular weight is 309 g/mol. The number of aliphatic carboxylic acids is 1. The van der Waals surface area contributed by atoms with E-state index in [-0.39, 0.29) is 40.8 Å². The predicted octanol–water partition coefficient (Wildman–Crippen LogP) is 0.134. The van der Waals surface area contributed by atoms with Crippen molar-refractivity contribution in [1.29, 1.82) is 0 Å². The molecule has 1 rings (SSSR count). The number of sulfone groups is 1. The summed E-state index contributed by atoms with van der Waals surface area (Å²) in [5.41, 5.74) is 0. The van der Waals surface area contributed by atoms with E-state index in [1.54, 1.807) is 6.92 Å². The van der Waals surface area contributed by atoms with Crippen LogP contribution < -0.4 is 5.32 Å². The molecule has 0 bridgehead atoms. The smallest absolute Gasteiger partial charge is 0.303 e. The molecule has 0 aliphatic carbocycles. The van der Waals surface area contributed by atoms with Crippen molar-refractivity contribution in [3.8, 4) is 0 Å². The third kappa shape index (κ3) is 6.81. The Hall–Kier alpha value is -0.760. The summed E-state index contributed by atoms with van der Waals surface area (Å²) in [6.07, 6.45) is 0.629. The van der Waals surface area contributed by atoms with Gasteiger partial charge in [0, 0.05) is 18.2 Å². The highest BCUT2D eigenvalue weighted by atomic mass is 32.2. The minimum atomic E-state index is -2.90. The molecule has 0 aromatic heterocycles. The van der Waals surface area contributed by atoms with Gasteiger partial charge in [-0.15, -0.1) is 11.8 Å². The summed E-state index contributed by atoms with van der Waals surface area (Å²) in [5, 5.41) is 11.2. The lowest BCUT2D eigenvalue weighted by atomic mass is 10.1. The van der Waals surface area contributed by atoms with Crippen molar-refractivity contribution < 1.29 is 23.1 Å². The van der Waals surface area contributed by atoms with Crippen LogP contribution in [0.25, 0.3) is 0 Å². The fourth-order valence-electron chi connectivity index (χ4n) is 1.80. The number of amides is 1. The van der Waals surface area contributed by atoms with Gasteiger partial charge in [-0.25, -0.2) is 8.42 Å². The van der Waals surface area contributed by atoms with Gasteiger partial charge in [0.2, 0.25) is 5.91 Å². The van der Waals surface area contributed by atoms with Gasteiger partial charge in [-0.05, 0) is 12.3 Å². The zero-order valence-corrected chi connectivity index (χ0v) is 12.4. The molecule has 1 amide bonds. The highest BCUT2D eigenvalue weighted by Gasteiger charge is 2.28. The molecule has 6 nitrogen and oxygen atoms in total. The highest BCUT2D eigenvalue weighted by Crippen LogP contribution is 2.23. The monoisotopic (exact) mass is 309 g/mol. The summed E-state index contributed by atoms with van der Waals surface area (Å²) in [6, 6.07) is 0. The number of carboxylic acids is 1. The number of hydrogen-bond acceptors (Lipinski definition) is 5. The van der Waals surface area contributed by atoms with Crippen LogP contribution in [0, 0.1) is 5.92 Å². The molecule has 1 heterocycles. The molecule has 2 N–H and O–H groups in total. The molecule has 0 spiro atoms. The quantitative estimate of drug-likeness (QED) is 0.693. The van der Waals surface area contributed by atoms with Gasteiger partial charge in [0.15, 0.2) is 9.84 Å². The van der Waals surface area contributed by atoms with Crippen LogP contribution in [-0.4, -0.2) is 54.5 Å². The normalized spacial score (nSPS) is 22.9. The minimum Gasteiger partial charge on any atom is -0.481 e. The number of thioether (sulfide) groups is 1. The lowest BCUT2D eigenvalue weighted by Gasteiger charge is -2.11. The first-order valence-electron chi connectivity index (χ1n) is 6.09. The van der Waals surface area contributed by atoms with E-state index in [0.29, 0.717) is 13.0 Å². The Morgan fingerprint density at radius 2 is 2.16 bits per heavy atom. The predicted molar refractivity (Wildman–Crippen MR) is 73.9 cm³/mol. The lowest BCUT2D eigenvalue weighted by Crippen LogP contribution is -2.31. The molecule has 1 aliphatic rings. The zero-order valence-electron chi connectivity index (χ0n) is 10.8. The summed E-state index contributed by atoms with van der Waals surface area (Å²) in [6.45, 7) is 2.08. The first-order valence-corrected chi connectivity index (χ1v) is 8.96. The zero-order chi connectivity index (χ0) is 14.5. The van der Waals surface area contributed by atoms with Gasteiger partial charge in [-0.3, -0.25) is 9.59 Å². The van der Waals surface area contributed by atoms with Gasteiger partial charge in [0.05, 0.1) is 17.3 Å². The number of carbonyl (C=O) groups is 2. The van der Waals surface area contributed by atoms with E-state index in [2.05, 4.69) is 5.32 Å². The molecule has 8 heteroatoms. The van der Waals surface area contributed by atoms with Gasteiger partial charge in [0.25, 0.3) is 0 Å². The molecule has 0 saturated carbocycles. The summed E-state index contributed by atoms with van der Waals surface area (Å²) < 4.78 is 22.5. The number of nitrogens with one attached hydrogen (secondary N) is 1. The topological polar surface area (TPSA) is 101 Å². The molecule has 110 valence electrons. The van der Waals surface area contributed by atoms with Crippen molar-refractivity contribution in [2.45, 2.75) is 25.0 Å². The Morgan fingerprint density at radius 3 is 2.68 bits per heavy atom. The van der Waals surface area contributed by atoms with Crippen LogP contribution in [0.3, 0.4) is 0 Å². The largest absolute Gasteiger partial charge is 0.481 e. The molecule has 0 aromatic rings. The number of rotatable bonds is 7. The number of carboxylic acid groups (broad SMARTS) is 1. The van der Waals surface area contributed by atoms with E-state index >= 15 is 0 Å². The van der Waals surface area contributed by atoms with E-state index in [0.717, 1.165) is 0 Å². The number of hydrogen-bond donors (Lipinski definition) is 2. The molecule has 2 atom stereocenters. The molecule has 19 heavy (non-hydrogen) atoms. The van der Waals surface area contributed by atoms with Crippen LogP contribution in [0.15, 0.2) is 0 Å². The second-order valence-electron chi connectivity index (χ2n) is 4.84. The van der Waals surface area contributed by atoms with Gasteiger partial charge in [-0.1, -0.05) is 6.92 Å². The molecule has 1 aliphatic heterocycles. The fraction of sp³-hybridized carbons (Fsp3) is 0.818. The molecule has 0 aromatic carbocycles. The molecule has 0 radical (unpaired) electrons. The maximum atomic E-state index is 11.5. The van der Waals surface area contributed by atoms with Crippen molar-refractivity contribution in [2.75, 3.05) is 23.8 Å². The second-order valence-corrected chi connectivity index (χ2v) is 8.36. The Kier molecular flexibility index (Phi) is 6.12. The third-order valence-electron chi connectivity index (χ3n) is 2.81. The summed E-state index contributed by atoms with van der Waals surface area (Å²) in [7, 11) is -2.90. The van der Waals surface area contributed by atoms with E-state index < -0.39 is 15.8 Å². The average Bonchev–Trinajstić information content (AvgIpc) is 2.63. The Balaban J connectivity index is 2.17. The first-order chi connectivity index (χ1) is 8.78. The first kappa shape index (κ1) is 16.3. The van der Waals surface area contributed by atoms with Crippen molar-refractivity contribution in [3.63, 3.8) is 0 Å². The molecule has 1 saturated heterocycles. The summed E-state index contributed by atoms with van der Waals surface area (Å²) in [4.78, 5) is 22.0. The molecule has 2 unspecified atom stereocenters. The minimum absolute atomic E-state index is 0.00666. The van der Waals surface area contributed by atoms with Crippen molar-refractivity contribution >= 4 is 33.5 Å². The maximum Gasteiger partial charge on any atom is 0.303 e. The van der Waals surface area contributed by atoms with Crippen molar-refractivity contribution in [1.82, 2.24) is 5.32 Å². The summed E-state index contributed by atoms with van der Waals surface area (Å²) >= 11 is 1.35. The Bertz CT molecular complexity index is 434. The SMILES string of the molecule is CC(CNC(=O)CSC1CCS(=O)(=O)C1)CC(=O)O. The molecular weight excluding hydrogens is 290 g/mol. The van der Waals surface area contributed by atoms with Crippen molar-refractivity contribution in [2.24, 2.45) is 5.92 Å². The van der Waals surface area contributed by atoms with Crippen LogP contribution in [0.1, 0.15) is 19.8 Å². The standard InChI is InChI=1S/C11H19NO5S2/c1-8(4-11(14)15)5-12-10(13)6-18-9-2-3-19(16,17)7-9/h8-9H,2-7H2,1H3,(H,12,13)(H,14,15). The number of carbonyl (C=O) groups excluding carboxylic acids is 1. The van der Waals surface area contributed by atoms with E-state index in [4.69, 9.17) is 5.11 Å². The van der Waals surface area contributed by atoms with E-state index in [1.165, 1.54) is 11.8 Å². The Labute approximate surface area is 117 Å². The Morgan fingerprint density at radius 1 is 1.47 bits per heavy atom. The highest BCUT2D eigenvalue weighted by molar-refractivity contribution is 8.02. The van der Waals surface area contributed by atoms with Crippen LogP contribution in [0.5, 0.6) is 0 Å². The lowest BCUT2D eigenvalue weighted by molar-refractivity contribution is -0.138. The van der Waals surface area contributed by atoms with Crippen LogP contribution in [0.4, 0.5) is 0 Å². The van der Waals surface area contributed by atoms with Gasteiger partial charge >= 0.3 is 5.97 Å². The van der Waals surface area contributed by atoms with Crippen LogP contribution >= 0.6 is 11.8 Å². The fourth-order valence-corrected chi connectivity index (χ4v) is 5.27. The van der Waals surface area contributed by atoms with E-state index in [1.807, 2.05) is 0 Å². The van der Waals surface area contributed by atoms with E-state index in [9.17, 15) is 18.0 Å². The van der Waals surface area contributed by atoms with Gasteiger partial charge < -0.3 is 10.4 Å².